The molecule has 35 heavy (non-hydrogen) atoms. The third-order valence-corrected chi connectivity index (χ3v) is 7.47. The van der Waals surface area contributed by atoms with Gasteiger partial charge in [0.25, 0.3) is 0 Å². The smallest absolute Gasteiger partial charge is 0.338 e. The average Bonchev–Trinajstić information content (AvgIpc) is 2.83. The van der Waals surface area contributed by atoms with E-state index in [9.17, 15) is 9.59 Å². The van der Waals surface area contributed by atoms with Crippen molar-refractivity contribution in [3.63, 3.8) is 0 Å². The van der Waals surface area contributed by atoms with E-state index in [4.69, 9.17) is 9.47 Å². The Morgan fingerprint density at radius 2 is 0.943 bits per heavy atom. The van der Waals surface area contributed by atoms with Crippen molar-refractivity contribution in [2.75, 3.05) is 13.2 Å². The zero-order valence-electron chi connectivity index (χ0n) is 23.1. The molecule has 0 aliphatic heterocycles. The van der Waals surface area contributed by atoms with Crippen LogP contribution in [0.2, 0.25) is 0 Å². The minimum absolute atomic E-state index is 0.247. The standard InChI is InChI=1S/C31H44O4/c1-9-11-13-31(14-12-10-2,19-34-29(32)27-15-21(3)25(7)22(4)16-27)20-35-30(33)28-17-23(5)26(8)24(6)18-28/h15-18H,9-14,19-20H2,1-8H3. The van der Waals surface area contributed by atoms with Gasteiger partial charge in [-0.15, -0.1) is 0 Å². The molecule has 2 aromatic rings. The summed E-state index contributed by atoms with van der Waals surface area (Å²) in [5.74, 6) is -0.630. The molecular formula is C31H44O4. The Hall–Kier alpha value is -2.62. The van der Waals surface area contributed by atoms with Crippen molar-refractivity contribution in [3.05, 3.63) is 68.8 Å². The lowest BCUT2D eigenvalue weighted by Crippen LogP contribution is -2.35. The summed E-state index contributed by atoms with van der Waals surface area (Å²) in [5, 5.41) is 0. The summed E-state index contributed by atoms with van der Waals surface area (Å²) in [6.07, 6.45) is 5.74. The van der Waals surface area contributed by atoms with Crippen LogP contribution in [0.3, 0.4) is 0 Å². The number of carbonyl (C=O) groups excluding carboxylic acids is 2. The highest BCUT2D eigenvalue weighted by Crippen LogP contribution is 2.33. The van der Waals surface area contributed by atoms with Gasteiger partial charge in [-0.1, -0.05) is 39.5 Å². The maximum atomic E-state index is 13.0. The Kier molecular flexibility index (Phi) is 10.5. The Morgan fingerprint density at radius 3 is 1.23 bits per heavy atom. The average molecular weight is 481 g/mol. The third kappa shape index (κ3) is 7.68. The Bertz CT molecular complexity index is 905. The minimum atomic E-state index is -0.388. The van der Waals surface area contributed by atoms with E-state index >= 15 is 0 Å². The van der Waals surface area contributed by atoms with Gasteiger partial charge >= 0.3 is 11.9 Å². The van der Waals surface area contributed by atoms with Crippen LogP contribution in [0.1, 0.15) is 106 Å². The molecule has 0 spiro atoms. The Labute approximate surface area is 212 Å². The van der Waals surface area contributed by atoms with E-state index in [2.05, 4.69) is 27.7 Å². The number of aryl methyl sites for hydroxylation is 4. The highest BCUT2D eigenvalue weighted by Gasteiger charge is 2.33. The maximum Gasteiger partial charge on any atom is 0.338 e. The molecule has 2 rings (SSSR count). The molecule has 0 radical (unpaired) electrons. The van der Waals surface area contributed by atoms with Crippen LogP contribution in [-0.4, -0.2) is 25.2 Å². The first-order valence-corrected chi connectivity index (χ1v) is 13.0. The first kappa shape index (κ1) is 28.6. The topological polar surface area (TPSA) is 52.6 Å². The molecule has 0 unspecified atom stereocenters. The first-order valence-electron chi connectivity index (χ1n) is 13.0. The normalized spacial score (nSPS) is 11.4. The number of carbonyl (C=O) groups is 2. The summed E-state index contributed by atoms with van der Waals surface area (Å²) in [6, 6.07) is 7.58. The fourth-order valence-corrected chi connectivity index (χ4v) is 4.47. The number of ether oxygens (including phenoxy) is 2. The van der Waals surface area contributed by atoms with E-state index in [0.717, 1.165) is 60.8 Å². The molecule has 0 aliphatic rings. The maximum absolute atomic E-state index is 13.0. The zero-order valence-corrected chi connectivity index (χ0v) is 23.1. The highest BCUT2D eigenvalue weighted by molar-refractivity contribution is 5.90. The lowest BCUT2D eigenvalue weighted by molar-refractivity contribution is -0.0138. The van der Waals surface area contributed by atoms with Crippen molar-refractivity contribution in [2.24, 2.45) is 5.41 Å². The number of benzene rings is 2. The summed E-state index contributed by atoms with van der Waals surface area (Å²) in [5.41, 5.74) is 7.47. The third-order valence-electron chi connectivity index (χ3n) is 7.47. The number of rotatable bonds is 12. The molecule has 2 aromatic carbocycles. The molecule has 0 bridgehead atoms. The van der Waals surface area contributed by atoms with Gasteiger partial charge in [-0.25, -0.2) is 9.59 Å². The van der Waals surface area contributed by atoms with Crippen LogP contribution < -0.4 is 0 Å². The molecule has 0 amide bonds. The predicted octanol–water partition coefficient (Wildman–Crippen LogP) is 7.92. The summed E-state index contributed by atoms with van der Waals surface area (Å²) >= 11 is 0. The lowest BCUT2D eigenvalue weighted by Gasteiger charge is -2.33. The van der Waals surface area contributed by atoms with Gasteiger partial charge in [0.1, 0.15) is 13.2 Å². The zero-order chi connectivity index (χ0) is 26.2. The van der Waals surface area contributed by atoms with Crippen molar-refractivity contribution in [1.29, 1.82) is 0 Å². The van der Waals surface area contributed by atoms with Gasteiger partial charge < -0.3 is 9.47 Å². The molecule has 0 N–H and O–H groups in total. The van der Waals surface area contributed by atoms with Crippen LogP contribution in [0.4, 0.5) is 0 Å². The van der Waals surface area contributed by atoms with Gasteiger partial charge in [0.2, 0.25) is 0 Å². The molecule has 192 valence electrons. The van der Waals surface area contributed by atoms with Gasteiger partial charge in [0, 0.05) is 5.41 Å². The molecule has 0 heterocycles. The van der Waals surface area contributed by atoms with Gasteiger partial charge in [-0.2, -0.15) is 0 Å². The van der Waals surface area contributed by atoms with Crippen molar-refractivity contribution in [1.82, 2.24) is 0 Å². The van der Waals surface area contributed by atoms with Crippen LogP contribution in [-0.2, 0) is 9.47 Å². The largest absolute Gasteiger partial charge is 0.461 e. The SMILES string of the molecule is CCCCC(CCCC)(COC(=O)c1cc(C)c(C)c(C)c1)COC(=O)c1cc(C)c(C)c(C)c1. The van der Waals surface area contributed by atoms with E-state index in [1.165, 1.54) is 11.1 Å². The second-order valence-corrected chi connectivity index (χ2v) is 10.3. The molecule has 0 aliphatic carbocycles. The molecule has 0 fully saturated rings. The van der Waals surface area contributed by atoms with E-state index < -0.39 is 0 Å². The number of esters is 2. The minimum Gasteiger partial charge on any atom is -0.461 e. The van der Waals surface area contributed by atoms with Crippen molar-refractivity contribution < 1.29 is 19.1 Å². The predicted molar refractivity (Wildman–Crippen MR) is 143 cm³/mol. The number of unbranched alkanes of at least 4 members (excludes halogenated alkanes) is 2. The van der Waals surface area contributed by atoms with E-state index in [-0.39, 0.29) is 30.6 Å². The van der Waals surface area contributed by atoms with Crippen LogP contribution in [0, 0.1) is 47.0 Å². The first-order chi connectivity index (χ1) is 16.5. The highest BCUT2D eigenvalue weighted by atomic mass is 16.5. The van der Waals surface area contributed by atoms with Gasteiger partial charge in [-0.3, -0.25) is 0 Å². The van der Waals surface area contributed by atoms with E-state index in [1.54, 1.807) is 0 Å². The fraction of sp³-hybridized carbons (Fsp3) is 0.548. The van der Waals surface area contributed by atoms with Crippen LogP contribution >= 0.6 is 0 Å². The van der Waals surface area contributed by atoms with Crippen molar-refractivity contribution in [2.45, 2.75) is 93.9 Å². The number of hydrogen-bond acceptors (Lipinski definition) is 4. The van der Waals surface area contributed by atoms with Crippen molar-refractivity contribution >= 4 is 11.9 Å². The monoisotopic (exact) mass is 480 g/mol. The Balaban J connectivity index is 2.22. The molecule has 0 aromatic heterocycles. The van der Waals surface area contributed by atoms with Gasteiger partial charge in [-0.05, 0) is 112 Å². The van der Waals surface area contributed by atoms with E-state index in [0.29, 0.717) is 11.1 Å². The molecule has 4 heteroatoms. The molecule has 0 saturated heterocycles. The second kappa shape index (κ2) is 12.9. The quantitative estimate of drug-likeness (QED) is 0.290. The lowest BCUT2D eigenvalue weighted by atomic mass is 9.79. The molecule has 0 saturated carbocycles. The van der Waals surface area contributed by atoms with Crippen LogP contribution in [0.5, 0.6) is 0 Å². The van der Waals surface area contributed by atoms with Crippen molar-refractivity contribution in [3.8, 4) is 0 Å². The summed E-state index contributed by atoms with van der Waals surface area (Å²) in [7, 11) is 0. The number of hydrogen-bond donors (Lipinski definition) is 0. The van der Waals surface area contributed by atoms with Gasteiger partial charge in [0.05, 0.1) is 11.1 Å². The molecule has 0 atom stereocenters. The van der Waals surface area contributed by atoms with E-state index in [1.807, 2.05) is 52.0 Å². The van der Waals surface area contributed by atoms with Crippen LogP contribution in [0.15, 0.2) is 24.3 Å². The molecule has 4 nitrogen and oxygen atoms in total. The summed E-state index contributed by atoms with van der Waals surface area (Å²) in [4.78, 5) is 26.0. The van der Waals surface area contributed by atoms with Crippen LogP contribution in [0.25, 0.3) is 0 Å². The Morgan fingerprint density at radius 1 is 0.629 bits per heavy atom. The second-order valence-electron chi connectivity index (χ2n) is 10.3. The van der Waals surface area contributed by atoms with Gasteiger partial charge in [0.15, 0.2) is 0 Å². The molecular weight excluding hydrogens is 436 g/mol. The summed E-state index contributed by atoms with van der Waals surface area (Å²) < 4.78 is 11.8. The summed E-state index contributed by atoms with van der Waals surface area (Å²) in [6.45, 7) is 17.0. The fourth-order valence-electron chi connectivity index (χ4n) is 4.47.